The van der Waals surface area contributed by atoms with Gasteiger partial charge in [-0.05, 0) is 55.3 Å². The van der Waals surface area contributed by atoms with Crippen molar-refractivity contribution in [3.8, 4) is 0 Å². The Labute approximate surface area is 187 Å². The van der Waals surface area contributed by atoms with Gasteiger partial charge in [-0.25, -0.2) is 4.39 Å². The number of fused-ring (bicyclic) bond motifs is 3. The standard InChI is InChI=1S/C28H25FN2O/c1-2-3-4-15-25(22-12-5-7-14-24(22)29)31-26-18-17-21-20-11-6-8-16-27(20)32-28(21)23(26)13-9-10-19-30/h3-12,14-19,30-31H,2,13H2,1H3/b4-3-,10-9-,25-15-,30-19?. The lowest BCUT2D eigenvalue weighted by molar-refractivity contribution is 0.624. The Morgan fingerprint density at radius 3 is 2.59 bits per heavy atom. The van der Waals surface area contributed by atoms with Crippen molar-refractivity contribution >= 4 is 39.5 Å². The molecule has 0 aliphatic carbocycles. The molecule has 0 saturated carbocycles. The highest BCUT2D eigenvalue weighted by Crippen LogP contribution is 2.36. The van der Waals surface area contributed by atoms with Gasteiger partial charge in [0.05, 0.1) is 0 Å². The molecule has 0 radical (unpaired) electrons. The average Bonchev–Trinajstić information content (AvgIpc) is 3.19. The number of furan rings is 1. The van der Waals surface area contributed by atoms with Crippen molar-refractivity contribution in [3.63, 3.8) is 0 Å². The summed E-state index contributed by atoms with van der Waals surface area (Å²) in [5.41, 5.74) is 4.58. The third kappa shape index (κ3) is 4.40. The van der Waals surface area contributed by atoms with Gasteiger partial charge in [0.1, 0.15) is 17.0 Å². The van der Waals surface area contributed by atoms with Crippen LogP contribution in [0, 0.1) is 11.2 Å². The van der Waals surface area contributed by atoms with Crippen LogP contribution in [0.15, 0.2) is 95.5 Å². The Kier molecular flexibility index (Phi) is 6.61. The number of para-hydroxylation sites is 1. The van der Waals surface area contributed by atoms with Gasteiger partial charge in [0.15, 0.2) is 0 Å². The van der Waals surface area contributed by atoms with Crippen molar-refractivity contribution in [1.82, 2.24) is 0 Å². The summed E-state index contributed by atoms with van der Waals surface area (Å²) >= 11 is 0. The first kappa shape index (κ1) is 21.3. The monoisotopic (exact) mass is 424 g/mol. The van der Waals surface area contributed by atoms with E-state index in [2.05, 4.69) is 12.2 Å². The molecule has 1 aromatic heterocycles. The number of benzene rings is 3. The molecule has 0 amide bonds. The van der Waals surface area contributed by atoms with Crippen molar-refractivity contribution in [1.29, 1.82) is 5.41 Å². The number of nitrogens with one attached hydrogen (secondary N) is 2. The molecule has 4 heteroatoms. The SMILES string of the molecule is CC/C=C\C=C(/Nc1ccc2c(oc3ccccc32)c1C/C=C\C=N)c1ccccc1F. The van der Waals surface area contributed by atoms with Crippen LogP contribution in [0.2, 0.25) is 0 Å². The zero-order valence-electron chi connectivity index (χ0n) is 17.9. The van der Waals surface area contributed by atoms with E-state index >= 15 is 0 Å². The molecule has 0 fully saturated rings. The summed E-state index contributed by atoms with van der Waals surface area (Å²) in [6, 6.07) is 18.7. The maximum Gasteiger partial charge on any atom is 0.141 e. The summed E-state index contributed by atoms with van der Waals surface area (Å²) in [7, 11) is 0. The molecule has 0 unspecified atom stereocenters. The van der Waals surface area contributed by atoms with E-state index < -0.39 is 0 Å². The zero-order valence-corrected chi connectivity index (χ0v) is 17.9. The molecular formula is C28H25FN2O. The normalized spacial score (nSPS) is 12.4. The fraction of sp³-hybridized carbons (Fsp3) is 0.107. The molecule has 0 spiro atoms. The van der Waals surface area contributed by atoms with Crippen LogP contribution >= 0.6 is 0 Å². The summed E-state index contributed by atoms with van der Waals surface area (Å²) < 4.78 is 20.9. The number of rotatable bonds is 8. The molecule has 0 aliphatic rings. The first-order valence-electron chi connectivity index (χ1n) is 10.7. The summed E-state index contributed by atoms with van der Waals surface area (Å²) in [4.78, 5) is 0. The Morgan fingerprint density at radius 2 is 1.78 bits per heavy atom. The second-order valence-corrected chi connectivity index (χ2v) is 7.39. The minimum absolute atomic E-state index is 0.286. The summed E-state index contributed by atoms with van der Waals surface area (Å²) in [6.45, 7) is 2.06. The first-order valence-corrected chi connectivity index (χ1v) is 10.7. The Bertz CT molecular complexity index is 1340. The number of hydrogen-bond donors (Lipinski definition) is 2. The lowest BCUT2D eigenvalue weighted by Gasteiger charge is -2.15. The minimum Gasteiger partial charge on any atom is -0.456 e. The largest absolute Gasteiger partial charge is 0.456 e. The third-order valence-electron chi connectivity index (χ3n) is 5.27. The van der Waals surface area contributed by atoms with Gasteiger partial charge in [-0.15, -0.1) is 0 Å². The summed E-state index contributed by atoms with van der Waals surface area (Å²) in [5.74, 6) is -0.286. The molecule has 0 saturated heterocycles. The van der Waals surface area contributed by atoms with Gasteiger partial charge in [0.25, 0.3) is 0 Å². The van der Waals surface area contributed by atoms with Crippen LogP contribution in [0.4, 0.5) is 10.1 Å². The highest BCUT2D eigenvalue weighted by Gasteiger charge is 2.16. The molecule has 1 heterocycles. The molecule has 4 rings (SSSR count). The number of allylic oxidation sites excluding steroid dienone is 5. The molecule has 2 N–H and O–H groups in total. The number of halogens is 1. The number of anilines is 1. The van der Waals surface area contributed by atoms with E-state index in [1.54, 1.807) is 18.2 Å². The zero-order chi connectivity index (χ0) is 22.3. The third-order valence-corrected chi connectivity index (χ3v) is 5.27. The van der Waals surface area contributed by atoms with Crippen molar-refractivity contribution in [2.24, 2.45) is 0 Å². The lowest BCUT2D eigenvalue weighted by Crippen LogP contribution is -2.04. The Morgan fingerprint density at radius 1 is 0.969 bits per heavy atom. The highest BCUT2D eigenvalue weighted by molar-refractivity contribution is 6.07. The molecule has 0 bridgehead atoms. The quantitative estimate of drug-likeness (QED) is 0.223. The Hall–Kier alpha value is -3.92. The number of hydrogen-bond acceptors (Lipinski definition) is 3. The van der Waals surface area contributed by atoms with Crippen molar-refractivity contribution in [2.75, 3.05) is 5.32 Å². The first-order chi connectivity index (χ1) is 15.7. The topological polar surface area (TPSA) is 49.0 Å². The molecule has 4 aromatic rings. The van der Waals surface area contributed by atoms with E-state index in [0.717, 1.165) is 39.6 Å². The fourth-order valence-corrected chi connectivity index (χ4v) is 3.74. The maximum atomic E-state index is 14.6. The molecular weight excluding hydrogens is 399 g/mol. The summed E-state index contributed by atoms with van der Waals surface area (Å²) in [6.07, 6.45) is 12.2. The average molecular weight is 425 g/mol. The lowest BCUT2D eigenvalue weighted by atomic mass is 10.0. The maximum absolute atomic E-state index is 14.6. The fourth-order valence-electron chi connectivity index (χ4n) is 3.74. The second-order valence-electron chi connectivity index (χ2n) is 7.39. The van der Waals surface area contributed by atoms with Gasteiger partial charge in [-0.2, -0.15) is 0 Å². The molecule has 3 aromatic carbocycles. The van der Waals surface area contributed by atoms with Crippen molar-refractivity contribution in [2.45, 2.75) is 19.8 Å². The molecule has 3 nitrogen and oxygen atoms in total. The van der Waals surface area contributed by atoms with Gasteiger partial charge >= 0.3 is 0 Å². The van der Waals surface area contributed by atoms with Crippen LogP contribution in [0.3, 0.4) is 0 Å². The molecule has 0 atom stereocenters. The highest BCUT2D eigenvalue weighted by atomic mass is 19.1. The second kappa shape index (κ2) is 9.92. The van der Waals surface area contributed by atoms with Crippen LogP contribution in [-0.4, -0.2) is 6.21 Å². The van der Waals surface area contributed by atoms with Gasteiger partial charge in [-0.3, -0.25) is 0 Å². The Balaban J connectivity index is 1.86. The molecule has 0 aliphatic heterocycles. The summed E-state index contributed by atoms with van der Waals surface area (Å²) in [5, 5.41) is 12.8. The van der Waals surface area contributed by atoms with E-state index in [9.17, 15) is 4.39 Å². The van der Waals surface area contributed by atoms with Gasteiger partial charge in [-0.1, -0.05) is 55.5 Å². The van der Waals surface area contributed by atoms with Crippen LogP contribution in [0.1, 0.15) is 24.5 Å². The smallest absolute Gasteiger partial charge is 0.141 e. The van der Waals surface area contributed by atoms with E-state index in [4.69, 9.17) is 9.83 Å². The predicted molar refractivity (Wildman–Crippen MR) is 133 cm³/mol. The van der Waals surface area contributed by atoms with Crippen molar-refractivity contribution < 1.29 is 8.81 Å². The van der Waals surface area contributed by atoms with Gasteiger partial charge in [0.2, 0.25) is 0 Å². The van der Waals surface area contributed by atoms with Gasteiger partial charge < -0.3 is 15.1 Å². The van der Waals surface area contributed by atoms with Crippen LogP contribution in [-0.2, 0) is 6.42 Å². The van der Waals surface area contributed by atoms with E-state index in [1.165, 1.54) is 12.3 Å². The van der Waals surface area contributed by atoms with Crippen molar-refractivity contribution in [3.05, 3.63) is 108 Å². The van der Waals surface area contributed by atoms with Crippen LogP contribution < -0.4 is 5.32 Å². The predicted octanol–water partition coefficient (Wildman–Crippen LogP) is 7.89. The molecule has 32 heavy (non-hydrogen) atoms. The van der Waals surface area contributed by atoms with E-state index in [0.29, 0.717) is 17.7 Å². The van der Waals surface area contributed by atoms with E-state index in [-0.39, 0.29) is 5.82 Å². The minimum atomic E-state index is -0.286. The van der Waals surface area contributed by atoms with E-state index in [1.807, 2.05) is 66.8 Å². The van der Waals surface area contributed by atoms with Crippen LogP contribution in [0.5, 0.6) is 0 Å². The van der Waals surface area contributed by atoms with Crippen LogP contribution in [0.25, 0.3) is 27.6 Å². The molecule has 160 valence electrons. The van der Waals surface area contributed by atoms with Gasteiger partial charge in [0, 0.05) is 39.5 Å².